The summed E-state index contributed by atoms with van der Waals surface area (Å²) in [5, 5.41) is 10.9. The predicted octanol–water partition coefficient (Wildman–Crippen LogP) is 2.42. The van der Waals surface area contributed by atoms with Crippen LogP contribution in [-0.2, 0) is 6.42 Å². The van der Waals surface area contributed by atoms with Gasteiger partial charge in [-0.1, -0.05) is 30.3 Å². The summed E-state index contributed by atoms with van der Waals surface area (Å²) in [6.07, 6.45) is 5.39. The summed E-state index contributed by atoms with van der Waals surface area (Å²) in [6, 6.07) is 11.0. The summed E-state index contributed by atoms with van der Waals surface area (Å²) in [5.41, 5.74) is 3.93. The van der Waals surface area contributed by atoms with Crippen LogP contribution in [0, 0.1) is 0 Å². The number of hydrogen-bond acceptors (Lipinski definition) is 2. The molecule has 1 aromatic carbocycles. The molecule has 3 rings (SSSR count). The van der Waals surface area contributed by atoms with E-state index >= 15 is 0 Å². The first kappa shape index (κ1) is 10.5. The lowest BCUT2D eigenvalue weighted by atomic mass is 10.0. The number of benzene rings is 1. The Bertz CT molecular complexity index is 469. The summed E-state index contributed by atoms with van der Waals surface area (Å²) in [6.45, 7) is 1.12. The fraction of sp³-hybridized carbons (Fsp3) is 0.357. The number of H-pyrrole nitrogens is 1. The van der Waals surface area contributed by atoms with Crippen LogP contribution < -0.4 is 5.32 Å². The Kier molecular flexibility index (Phi) is 2.92. The van der Waals surface area contributed by atoms with Crippen LogP contribution in [0.2, 0.25) is 0 Å². The molecule has 0 aliphatic carbocycles. The molecule has 0 spiro atoms. The number of aromatic nitrogens is 2. The van der Waals surface area contributed by atoms with Gasteiger partial charge in [-0.25, -0.2) is 0 Å². The zero-order chi connectivity index (χ0) is 11.5. The van der Waals surface area contributed by atoms with E-state index in [2.05, 4.69) is 45.8 Å². The van der Waals surface area contributed by atoms with Crippen LogP contribution in [0.25, 0.3) is 0 Å². The van der Waals surface area contributed by atoms with Gasteiger partial charge in [0.2, 0.25) is 0 Å². The molecule has 3 nitrogen and oxygen atoms in total. The number of rotatable bonds is 3. The molecule has 2 aromatic rings. The second-order valence-electron chi connectivity index (χ2n) is 4.62. The number of nitrogens with zero attached hydrogens (tertiary/aromatic N) is 1. The van der Waals surface area contributed by atoms with E-state index in [1.807, 2.05) is 6.20 Å². The van der Waals surface area contributed by atoms with Crippen LogP contribution in [0.15, 0.2) is 36.5 Å². The Morgan fingerprint density at radius 1 is 1.24 bits per heavy atom. The van der Waals surface area contributed by atoms with E-state index in [4.69, 9.17) is 0 Å². The van der Waals surface area contributed by atoms with Crippen LogP contribution in [0.1, 0.15) is 35.7 Å². The van der Waals surface area contributed by atoms with Gasteiger partial charge in [-0.2, -0.15) is 5.10 Å². The molecule has 2 heterocycles. The minimum atomic E-state index is 0.469. The van der Waals surface area contributed by atoms with Crippen molar-refractivity contribution in [2.45, 2.75) is 25.3 Å². The van der Waals surface area contributed by atoms with Crippen molar-refractivity contribution in [1.82, 2.24) is 15.5 Å². The maximum atomic E-state index is 4.20. The minimum Gasteiger partial charge on any atom is -0.309 e. The molecule has 0 radical (unpaired) electrons. The van der Waals surface area contributed by atoms with Gasteiger partial charge in [0.15, 0.2) is 0 Å². The quantitative estimate of drug-likeness (QED) is 0.845. The van der Waals surface area contributed by atoms with Crippen molar-refractivity contribution in [3.63, 3.8) is 0 Å². The summed E-state index contributed by atoms with van der Waals surface area (Å²) in [4.78, 5) is 0. The average molecular weight is 227 g/mol. The molecule has 17 heavy (non-hydrogen) atoms. The van der Waals surface area contributed by atoms with Gasteiger partial charge in [0.25, 0.3) is 0 Å². The maximum Gasteiger partial charge on any atom is 0.0556 e. The third-order valence-corrected chi connectivity index (χ3v) is 3.40. The molecular formula is C14H17N3. The normalized spacial score (nSPS) is 19.6. The Labute approximate surface area is 101 Å². The van der Waals surface area contributed by atoms with E-state index in [0.29, 0.717) is 6.04 Å². The Balaban J connectivity index is 1.81. The molecular weight excluding hydrogens is 210 g/mol. The number of nitrogens with one attached hydrogen (secondary N) is 2. The molecule has 1 aliphatic heterocycles. The summed E-state index contributed by atoms with van der Waals surface area (Å²) < 4.78 is 0. The molecule has 88 valence electrons. The summed E-state index contributed by atoms with van der Waals surface area (Å²) in [7, 11) is 0. The smallest absolute Gasteiger partial charge is 0.0556 e. The number of hydrogen-bond donors (Lipinski definition) is 2. The molecule has 3 heteroatoms. The van der Waals surface area contributed by atoms with E-state index < -0.39 is 0 Å². The average Bonchev–Trinajstić information content (AvgIpc) is 3.00. The van der Waals surface area contributed by atoms with Crippen molar-refractivity contribution in [3.05, 3.63) is 53.3 Å². The Morgan fingerprint density at radius 3 is 2.88 bits per heavy atom. The van der Waals surface area contributed by atoms with Crippen LogP contribution in [0.5, 0.6) is 0 Å². The van der Waals surface area contributed by atoms with Gasteiger partial charge in [0, 0.05) is 12.5 Å². The highest BCUT2D eigenvalue weighted by Crippen LogP contribution is 2.25. The van der Waals surface area contributed by atoms with Crippen molar-refractivity contribution >= 4 is 0 Å². The molecule has 1 fully saturated rings. The predicted molar refractivity (Wildman–Crippen MR) is 67.8 cm³/mol. The molecule has 0 saturated carbocycles. The highest BCUT2D eigenvalue weighted by Gasteiger charge is 2.20. The lowest BCUT2D eigenvalue weighted by molar-refractivity contribution is 0.620. The van der Waals surface area contributed by atoms with Crippen molar-refractivity contribution in [3.8, 4) is 0 Å². The van der Waals surface area contributed by atoms with Gasteiger partial charge in [-0.3, -0.25) is 5.10 Å². The monoisotopic (exact) mass is 227 g/mol. The lowest BCUT2D eigenvalue weighted by Crippen LogP contribution is -2.14. The first-order valence-corrected chi connectivity index (χ1v) is 6.23. The van der Waals surface area contributed by atoms with Crippen LogP contribution >= 0.6 is 0 Å². The molecule has 0 bridgehead atoms. The molecule has 0 amide bonds. The maximum absolute atomic E-state index is 4.20. The van der Waals surface area contributed by atoms with Crippen LogP contribution in [-0.4, -0.2) is 16.7 Å². The Morgan fingerprint density at radius 2 is 2.12 bits per heavy atom. The molecule has 2 N–H and O–H groups in total. The van der Waals surface area contributed by atoms with E-state index in [9.17, 15) is 0 Å². The van der Waals surface area contributed by atoms with Crippen molar-refractivity contribution < 1.29 is 0 Å². The van der Waals surface area contributed by atoms with Gasteiger partial charge in [-0.15, -0.1) is 0 Å². The summed E-state index contributed by atoms with van der Waals surface area (Å²) >= 11 is 0. The van der Waals surface area contributed by atoms with Crippen LogP contribution in [0.3, 0.4) is 0 Å². The fourth-order valence-corrected chi connectivity index (χ4v) is 2.51. The SMILES string of the molecule is c1ccc(Cc2cn[nH]c2C2CCCN2)cc1. The van der Waals surface area contributed by atoms with Gasteiger partial charge in [-0.05, 0) is 30.5 Å². The zero-order valence-corrected chi connectivity index (χ0v) is 9.82. The fourth-order valence-electron chi connectivity index (χ4n) is 2.51. The first-order valence-electron chi connectivity index (χ1n) is 6.23. The molecule has 1 atom stereocenters. The van der Waals surface area contributed by atoms with E-state index in [-0.39, 0.29) is 0 Å². The third-order valence-electron chi connectivity index (χ3n) is 3.40. The Hall–Kier alpha value is -1.61. The number of aromatic amines is 1. The van der Waals surface area contributed by atoms with Crippen molar-refractivity contribution in [2.24, 2.45) is 0 Å². The molecule has 1 aromatic heterocycles. The first-order chi connectivity index (χ1) is 8.43. The van der Waals surface area contributed by atoms with Crippen molar-refractivity contribution in [2.75, 3.05) is 6.54 Å². The van der Waals surface area contributed by atoms with E-state index in [1.165, 1.54) is 29.7 Å². The van der Waals surface area contributed by atoms with Crippen LogP contribution in [0.4, 0.5) is 0 Å². The van der Waals surface area contributed by atoms with E-state index in [1.54, 1.807) is 0 Å². The zero-order valence-electron chi connectivity index (χ0n) is 9.82. The highest BCUT2D eigenvalue weighted by molar-refractivity contribution is 5.29. The highest BCUT2D eigenvalue weighted by atomic mass is 15.1. The second kappa shape index (κ2) is 4.72. The molecule has 1 aliphatic rings. The van der Waals surface area contributed by atoms with Gasteiger partial charge in [0.1, 0.15) is 0 Å². The topological polar surface area (TPSA) is 40.7 Å². The largest absolute Gasteiger partial charge is 0.309 e. The second-order valence-corrected chi connectivity index (χ2v) is 4.62. The standard InChI is InChI=1S/C14H17N3/c1-2-5-11(6-3-1)9-12-10-16-17-14(12)13-7-4-8-15-13/h1-3,5-6,10,13,15H,4,7-9H2,(H,16,17). The molecule has 1 saturated heterocycles. The van der Waals surface area contributed by atoms with Crippen molar-refractivity contribution in [1.29, 1.82) is 0 Å². The lowest BCUT2D eigenvalue weighted by Gasteiger charge is -2.10. The summed E-state index contributed by atoms with van der Waals surface area (Å²) in [5.74, 6) is 0. The minimum absolute atomic E-state index is 0.469. The van der Waals surface area contributed by atoms with Gasteiger partial charge >= 0.3 is 0 Å². The molecule has 1 unspecified atom stereocenters. The van der Waals surface area contributed by atoms with E-state index in [0.717, 1.165) is 13.0 Å². The van der Waals surface area contributed by atoms with Gasteiger partial charge in [0.05, 0.1) is 11.9 Å². The van der Waals surface area contributed by atoms with Gasteiger partial charge < -0.3 is 5.32 Å². The third kappa shape index (κ3) is 2.24.